The zero-order valence-electron chi connectivity index (χ0n) is 8.02. The van der Waals surface area contributed by atoms with E-state index in [0.717, 1.165) is 11.1 Å². The van der Waals surface area contributed by atoms with E-state index in [9.17, 15) is 4.79 Å². The average molecular weight is 190 g/mol. The number of esters is 1. The molecule has 2 heterocycles. The van der Waals surface area contributed by atoms with Crippen molar-refractivity contribution in [3.63, 3.8) is 0 Å². The smallest absolute Gasteiger partial charge is 0.339 e. The summed E-state index contributed by atoms with van der Waals surface area (Å²) >= 11 is 0. The molecule has 4 nitrogen and oxygen atoms in total. The van der Waals surface area contributed by atoms with E-state index in [0.29, 0.717) is 5.56 Å². The molecule has 0 atom stereocenters. The first-order valence-electron chi connectivity index (χ1n) is 4.23. The van der Waals surface area contributed by atoms with Gasteiger partial charge < -0.3 is 9.14 Å². The van der Waals surface area contributed by atoms with Gasteiger partial charge in [-0.05, 0) is 18.6 Å². The molecule has 0 saturated carbocycles. The lowest BCUT2D eigenvalue weighted by Gasteiger charge is -2.04. The number of aromatic nitrogens is 2. The minimum absolute atomic E-state index is 0.321. The molecule has 0 aromatic carbocycles. The summed E-state index contributed by atoms with van der Waals surface area (Å²) in [5, 5.41) is 0. The summed E-state index contributed by atoms with van der Waals surface area (Å²) < 4.78 is 6.46. The molecule has 72 valence electrons. The van der Waals surface area contributed by atoms with Gasteiger partial charge in [0.25, 0.3) is 0 Å². The first-order chi connectivity index (χ1) is 6.72. The van der Waals surface area contributed by atoms with Crippen LogP contribution in [-0.4, -0.2) is 22.5 Å². The van der Waals surface area contributed by atoms with E-state index in [2.05, 4.69) is 9.72 Å². The number of imidazole rings is 1. The molecule has 0 unspecified atom stereocenters. The maximum Gasteiger partial charge on any atom is 0.339 e. The third kappa shape index (κ3) is 1.25. The fourth-order valence-corrected chi connectivity index (χ4v) is 1.40. The molecule has 4 heteroatoms. The molecule has 0 saturated heterocycles. The van der Waals surface area contributed by atoms with Crippen LogP contribution in [-0.2, 0) is 4.74 Å². The molecular formula is C10H10N2O2. The second-order valence-electron chi connectivity index (χ2n) is 3.09. The summed E-state index contributed by atoms with van der Waals surface area (Å²) in [6.45, 7) is 1.87. The highest BCUT2D eigenvalue weighted by Crippen LogP contribution is 2.12. The number of rotatable bonds is 1. The van der Waals surface area contributed by atoms with Crippen LogP contribution in [0.1, 0.15) is 15.9 Å². The van der Waals surface area contributed by atoms with Crippen LogP contribution < -0.4 is 0 Å². The molecule has 0 bridgehead atoms. The zero-order chi connectivity index (χ0) is 10.1. The van der Waals surface area contributed by atoms with E-state index in [-0.39, 0.29) is 5.97 Å². The fourth-order valence-electron chi connectivity index (χ4n) is 1.40. The molecule has 0 N–H and O–H groups in total. The molecule has 14 heavy (non-hydrogen) atoms. The summed E-state index contributed by atoms with van der Waals surface area (Å²) in [6, 6.07) is 1.90. The minimum atomic E-state index is -0.321. The van der Waals surface area contributed by atoms with Gasteiger partial charge in [0.15, 0.2) is 0 Å². The monoisotopic (exact) mass is 190 g/mol. The zero-order valence-corrected chi connectivity index (χ0v) is 8.02. The van der Waals surface area contributed by atoms with Gasteiger partial charge in [-0.2, -0.15) is 0 Å². The maximum atomic E-state index is 11.3. The van der Waals surface area contributed by atoms with E-state index in [1.807, 2.05) is 13.0 Å². The van der Waals surface area contributed by atoms with Crippen LogP contribution in [0.15, 0.2) is 24.8 Å². The van der Waals surface area contributed by atoms with Crippen LogP contribution >= 0.6 is 0 Å². The second kappa shape index (κ2) is 3.14. The van der Waals surface area contributed by atoms with Crippen molar-refractivity contribution in [3.05, 3.63) is 35.9 Å². The number of ether oxygens (including phenoxy) is 1. The van der Waals surface area contributed by atoms with E-state index in [1.54, 1.807) is 23.1 Å². The Morgan fingerprint density at radius 3 is 3.07 bits per heavy atom. The molecule has 2 rings (SSSR count). The van der Waals surface area contributed by atoms with E-state index in [4.69, 9.17) is 0 Å². The van der Waals surface area contributed by atoms with Crippen molar-refractivity contribution in [2.24, 2.45) is 0 Å². The highest BCUT2D eigenvalue weighted by Gasteiger charge is 2.10. The first-order valence-corrected chi connectivity index (χ1v) is 4.23. The number of methoxy groups -OCH3 is 1. The average Bonchev–Trinajstić information content (AvgIpc) is 2.62. The third-order valence-electron chi connectivity index (χ3n) is 2.16. The lowest BCUT2D eigenvalue weighted by atomic mass is 10.1. The van der Waals surface area contributed by atoms with Crippen molar-refractivity contribution in [2.45, 2.75) is 6.92 Å². The largest absolute Gasteiger partial charge is 0.465 e. The Hall–Kier alpha value is -1.84. The number of fused-ring (bicyclic) bond motifs is 1. The van der Waals surface area contributed by atoms with Crippen LogP contribution in [0.5, 0.6) is 0 Å². The van der Waals surface area contributed by atoms with Gasteiger partial charge in [-0.25, -0.2) is 9.78 Å². The van der Waals surface area contributed by atoms with Crippen molar-refractivity contribution < 1.29 is 9.53 Å². The molecular weight excluding hydrogens is 180 g/mol. The van der Waals surface area contributed by atoms with Crippen molar-refractivity contribution in [1.82, 2.24) is 9.38 Å². The Balaban J connectivity index is 2.64. The van der Waals surface area contributed by atoms with Crippen LogP contribution in [0.4, 0.5) is 0 Å². The Morgan fingerprint density at radius 2 is 2.36 bits per heavy atom. The summed E-state index contributed by atoms with van der Waals surface area (Å²) in [5.41, 5.74) is 2.43. The highest BCUT2D eigenvalue weighted by atomic mass is 16.5. The van der Waals surface area contributed by atoms with Gasteiger partial charge in [0, 0.05) is 6.20 Å². The highest BCUT2D eigenvalue weighted by molar-refractivity contribution is 5.91. The summed E-state index contributed by atoms with van der Waals surface area (Å²) in [6.07, 6.45) is 5.12. The van der Waals surface area contributed by atoms with Gasteiger partial charge in [0.1, 0.15) is 0 Å². The van der Waals surface area contributed by atoms with E-state index >= 15 is 0 Å². The van der Waals surface area contributed by atoms with Crippen LogP contribution in [0.3, 0.4) is 0 Å². The molecule has 0 fully saturated rings. The van der Waals surface area contributed by atoms with Crippen molar-refractivity contribution >= 4 is 11.5 Å². The number of hydrogen-bond acceptors (Lipinski definition) is 3. The van der Waals surface area contributed by atoms with Gasteiger partial charge in [-0.3, -0.25) is 0 Å². The van der Waals surface area contributed by atoms with Crippen molar-refractivity contribution in [1.29, 1.82) is 0 Å². The van der Waals surface area contributed by atoms with Gasteiger partial charge in [0.2, 0.25) is 0 Å². The van der Waals surface area contributed by atoms with Gasteiger partial charge in [-0.15, -0.1) is 0 Å². The number of aryl methyl sites for hydroxylation is 1. The van der Waals surface area contributed by atoms with E-state index < -0.39 is 0 Å². The summed E-state index contributed by atoms with van der Waals surface area (Å²) in [5.74, 6) is -0.321. The number of carbonyl (C=O) groups excluding carboxylic acids is 1. The number of hydrogen-bond donors (Lipinski definition) is 0. The van der Waals surface area contributed by atoms with Gasteiger partial charge >= 0.3 is 5.97 Å². The van der Waals surface area contributed by atoms with Crippen molar-refractivity contribution in [2.75, 3.05) is 7.11 Å². The van der Waals surface area contributed by atoms with Crippen LogP contribution in [0.2, 0.25) is 0 Å². The Bertz CT molecular complexity index is 488. The first kappa shape index (κ1) is 8.74. The normalized spacial score (nSPS) is 10.4. The van der Waals surface area contributed by atoms with Crippen molar-refractivity contribution in [3.8, 4) is 0 Å². The SMILES string of the molecule is COC(=O)c1cn2cncc2cc1C. The van der Waals surface area contributed by atoms with E-state index in [1.165, 1.54) is 7.11 Å². The summed E-state index contributed by atoms with van der Waals surface area (Å²) in [4.78, 5) is 15.3. The standard InChI is InChI=1S/C10H10N2O2/c1-7-3-8-4-11-6-12(8)5-9(7)10(13)14-2/h3-6H,1-2H3. The maximum absolute atomic E-state index is 11.3. The topological polar surface area (TPSA) is 43.6 Å². The number of pyridine rings is 1. The number of carbonyl (C=O) groups is 1. The molecule has 0 aliphatic rings. The molecule has 2 aromatic rings. The lowest BCUT2D eigenvalue weighted by molar-refractivity contribution is 0.0599. The Kier molecular flexibility index (Phi) is 1.96. The van der Waals surface area contributed by atoms with Crippen LogP contribution in [0, 0.1) is 6.92 Å². The van der Waals surface area contributed by atoms with Gasteiger partial charge in [0.05, 0.1) is 30.7 Å². The molecule has 2 aromatic heterocycles. The molecule has 0 aliphatic carbocycles. The Labute approximate surface area is 81.1 Å². The Morgan fingerprint density at radius 1 is 1.57 bits per heavy atom. The molecule has 0 amide bonds. The van der Waals surface area contributed by atoms with Crippen LogP contribution in [0.25, 0.3) is 5.52 Å². The molecule has 0 spiro atoms. The second-order valence-corrected chi connectivity index (χ2v) is 3.09. The minimum Gasteiger partial charge on any atom is -0.465 e. The quantitative estimate of drug-likeness (QED) is 0.639. The lowest BCUT2D eigenvalue weighted by Crippen LogP contribution is -2.05. The van der Waals surface area contributed by atoms with Gasteiger partial charge in [-0.1, -0.05) is 0 Å². The fraction of sp³-hybridized carbons (Fsp3) is 0.200. The predicted octanol–water partition coefficient (Wildman–Crippen LogP) is 1.43. The molecule has 0 radical (unpaired) electrons. The predicted molar refractivity (Wildman–Crippen MR) is 51.3 cm³/mol. The summed E-state index contributed by atoms with van der Waals surface area (Å²) in [7, 11) is 1.37. The third-order valence-corrected chi connectivity index (χ3v) is 2.16. The molecule has 0 aliphatic heterocycles. The number of nitrogens with zero attached hydrogens (tertiary/aromatic N) is 2.